The molecule has 1 saturated carbocycles. The van der Waals surface area contributed by atoms with Crippen molar-refractivity contribution >= 4 is 34.9 Å². The lowest BCUT2D eigenvalue weighted by molar-refractivity contribution is -0.0830. The van der Waals surface area contributed by atoms with E-state index in [1.165, 1.54) is 6.42 Å². The van der Waals surface area contributed by atoms with Gasteiger partial charge in [0.15, 0.2) is 4.77 Å². The van der Waals surface area contributed by atoms with E-state index in [1.807, 2.05) is 18.2 Å². The van der Waals surface area contributed by atoms with Crippen LogP contribution in [0.5, 0.6) is 0 Å². The van der Waals surface area contributed by atoms with Crippen molar-refractivity contribution in [1.29, 1.82) is 0 Å². The molecule has 1 N–H and O–H groups in total. The van der Waals surface area contributed by atoms with Gasteiger partial charge in [0.25, 0.3) is 0 Å². The fourth-order valence-electron chi connectivity index (χ4n) is 2.61. The SMILES string of the molecule is COC1(Cn2c(=S)[nH]c3cccc(Cl)c32)CCC1. The molecule has 18 heavy (non-hydrogen) atoms. The highest BCUT2D eigenvalue weighted by Crippen LogP contribution is 2.37. The summed E-state index contributed by atoms with van der Waals surface area (Å²) in [7, 11) is 1.78. The molecule has 5 heteroatoms. The Bertz CT molecular complexity index is 636. The van der Waals surface area contributed by atoms with Crippen LogP contribution in [0.25, 0.3) is 11.0 Å². The fourth-order valence-corrected chi connectivity index (χ4v) is 3.15. The van der Waals surface area contributed by atoms with Gasteiger partial charge in [-0.15, -0.1) is 0 Å². The summed E-state index contributed by atoms with van der Waals surface area (Å²) in [5.74, 6) is 0. The molecule has 0 spiro atoms. The molecule has 0 atom stereocenters. The van der Waals surface area contributed by atoms with Crippen molar-refractivity contribution in [2.24, 2.45) is 0 Å². The fraction of sp³-hybridized carbons (Fsp3) is 0.462. The minimum Gasteiger partial charge on any atom is -0.376 e. The van der Waals surface area contributed by atoms with E-state index in [0.29, 0.717) is 4.77 Å². The second-order valence-corrected chi connectivity index (χ2v) is 5.69. The number of ether oxygens (including phenoxy) is 1. The van der Waals surface area contributed by atoms with Crippen LogP contribution in [0.4, 0.5) is 0 Å². The van der Waals surface area contributed by atoms with Crippen molar-refractivity contribution in [3.63, 3.8) is 0 Å². The van der Waals surface area contributed by atoms with Crippen LogP contribution in [-0.4, -0.2) is 22.3 Å². The molecule has 0 bridgehead atoms. The highest BCUT2D eigenvalue weighted by Gasteiger charge is 2.38. The van der Waals surface area contributed by atoms with Crippen molar-refractivity contribution < 1.29 is 4.74 Å². The van der Waals surface area contributed by atoms with Gasteiger partial charge in [-0.2, -0.15) is 0 Å². The normalized spacial score (nSPS) is 17.9. The van der Waals surface area contributed by atoms with Gasteiger partial charge in [0.2, 0.25) is 0 Å². The number of H-pyrrole nitrogens is 1. The van der Waals surface area contributed by atoms with Crippen molar-refractivity contribution in [1.82, 2.24) is 9.55 Å². The molecule has 0 aliphatic heterocycles. The number of aromatic nitrogens is 2. The number of aromatic amines is 1. The average Bonchev–Trinajstić information content (AvgIpc) is 2.61. The van der Waals surface area contributed by atoms with Crippen LogP contribution in [-0.2, 0) is 11.3 Å². The second-order valence-electron chi connectivity index (χ2n) is 4.89. The lowest BCUT2D eigenvalue weighted by atomic mass is 9.80. The first kappa shape index (κ1) is 12.2. The maximum atomic E-state index is 6.28. The monoisotopic (exact) mass is 282 g/mol. The van der Waals surface area contributed by atoms with Crippen LogP contribution < -0.4 is 0 Å². The molecule has 1 aromatic carbocycles. The zero-order chi connectivity index (χ0) is 12.8. The summed E-state index contributed by atoms with van der Waals surface area (Å²) in [5, 5.41) is 0.727. The van der Waals surface area contributed by atoms with E-state index in [0.717, 1.165) is 35.4 Å². The predicted molar refractivity (Wildman–Crippen MR) is 75.7 cm³/mol. The van der Waals surface area contributed by atoms with Crippen molar-refractivity contribution in [2.45, 2.75) is 31.4 Å². The Labute approximate surface area is 116 Å². The maximum Gasteiger partial charge on any atom is 0.178 e. The Kier molecular flexibility index (Phi) is 2.96. The topological polar surface area (TPSA) is 29.9 Å². The molecule has 1 aromatic heterocycles. The summed E-state index contributed by atoms with van der Waals surface area (Å²) in [5.41, 5.74) is 1.90. The van der Waals surface area contributed by atoms with E-state index in [4.69, 9.17) is 28.6 Å². The Balaban J connectivity index is 2.11. The first-order chi connectivity index (χ1) is 8.65. The molecule has 0 amide bonds. The summed E-state index contributed by atoms with van der Waals surface area (Å²) in [6, 6.07) is 5.81. The van der Waals surface area contributed by atoms with Gasteiger partial charge in [-0.1, -0.05) is 17.7 Å². The van der Waals surface area contributed by atoms with Gasteiger partial charge in [0, 0.05) is 7.11 Å². The molecular weight excluding hydrogens is 268 g/mol. The Morgan fingerprint density at radius 2 is 2.28 bits per heavy atom. The van der Waals surface area contributed by atoms with Gasteiger partial charge in [-0.25, -0.2) is 0 Å². The lowest BCUT2D eigenvalue weighted by Gasteiger charge is -2.40. The molecule has 96 valence electrons. The van der Waals surface area contributed by atoms with Gasteiger partial charge in [0.05, 0.1) is 28.2 Å². The molecule has 0 unspecified atom stereocenters. The number of hydrogen-bond acceptors (Lipinski definition) is 2. The third-order valence-corrected chi connectivity index (χ3v) is 4.51. The molecule has 0 radical (unpaired) electrons. The van der Waals surface area contributed by atoms with E-state index >= 15 is 0 Å². The highest BCUT2D eigenvalue weighted by atomic mass is 35.5. The molecule has 2 aromatic rings. The number of para-hydroxylation sites is 1. The van der Waals surface area contributed by atoms with Crippen molar-refractivity contribution in [3.8, 4) is 0 Å². The number of methoxy groups -OCH3 is 1. The Morgan fingerprint density at radius 1 is 1.50 bits per heavy atom. The first-order valence-corrected chi connectivity index (χ1v) is 6.86. The summed E-state index contributed by atoms with van der Waals surface area (Å²) in [4.78, 5) is 3.20. The predicted octanol–water partition coefficient (Wildman–Crippen LogP) is 3.92. The molecule has 1 aliphatic rings. The van der Waals surface area contributed by atoms with Crippen molar-refractivity contribution in [2.75, 3.05) is 7.11 Å². The van der Waals surface area contributed by atoms with Crippen LogP contribution in [0.1, 0.15) is 19.3 Å². The summed E-state index contributed by atoms with van der Waals surface area (Å²) in [6.07, 6.45) is 3.39. The third-order valence-electron chi connectivity index (χ3n) is 3.89. The van der Waals surface area contributed by atoms with Crippen LogP contribution in [0.15, 0.2) is 18.2 Å². The molecule has 1 fully saturated rings. The van der Waals surface area contributed by atoms with Crippen LogP contribution >= 0.6 is 23.8 Å². The third kappa shape index (κ3) is 1.79. The molecule has 0 saturated heterocycles. The summed E-state index contributed by atoms with van der Waals surface area (Å²) >= 11 is 11.7. The standard InChI is InChI=1S/C13H15ClN2OS/c1-17-13(6-3-7-13)8-16-11-9(14)4-2-5-10(11)15-12(16)18/h2,4-5H,3,6-8H2,1H3,(H,15,18). The number of rotatable bonds is 3. The number of benzene rings is 1. The Hall–Kier alpha value is -0.840. The van der Waals surface area contributed by atoms with Crippen molar-refractivity contribution in [3.05, 3.63) is 28.0 Å². The number of imidazole rings is 1. The van der Waals surface area contributed by atoms with Gasteiger partial charge in [-0.3, -0.25) is 0 Å². The number of halogens is 1. The lowest BCUT2D eigenvalue weighted by Crippen LogP contribution is -2.43. The highest BCUT2D eigenvalue weighted by molar-refractivity contribution is 7.71. The number of nitrogens with one attached hydrogen (secondary N) is 1. The zero-order valence-electron chi connectivity index (χ0n) is 10.2. The zero-order valence-corrected chi connectivity index (χ0v) is 11.8. The molecule has 3 nitrogen and oxygen atoms in total. The minimum atomic E-state index is -0.0630. The molecule has 3 rings (SSSR count). The molecule has 1 heterocycles. The van der Waals surface area contributed by atoms with E-state index in [2.05, 4.69) is 9.55 Å². The van der Waals surface area contributed by atoms with Gasteiger partial charge in [-0.05, 0) is 43.6 Å². The number of hydrogen-bond donors (Lipinski definition) is 1. The van der Waals surface area contributed by atoms with Crippen LogP contribution in [0.3, 0.4) is 0 Å². The van der Waals surface area contributed by atoms with Gasteiger partial charge in [0.1, 0.15) is 0 Å². The smallest absolute Gasteiger partial charge is 0.178 e. The number of fused-ring (bicyclic) bond motifs is 1. The second kappa shape index (κ2) is 4.37. The summed E-state index contributed by atoms with van der Waals surface area (Å²) in [6.45, 7) is 0.770. The summed E-state index contributed by atoms with van der Waals surface area (Å²) < 4.78 is 8.44. The average molecular weight is 283 g/mol. The van der Waals surface area contributed by atoms with Crippen LogP contribution in [0.2, 0.25) is 5.02 Å². The first-order valence-electron chi connectivity index (χ1n) is 6.07. The van der Waals surface area contributed by atoms with E-state index < -0.39 is 0 Å². The minimum absolute atomic E-state index is 0.0630. The quantitative estimate of drug-likeness (QED) is 0.865. The van der Waals surface area contributed by atoms with Gasteiger partial charge < -0.3 is 14.3 Å². The van der Waals surface area contributed by atoms with Gasteiger partial charge >= 0.3 is 0 Å². The molecular formula is C13H15ClN2OS. The van der Waals surface area contributed by atoms with E-state index in [-0.39, 0.29) is 5.60 Å². The number of nitrogens with zero attached hydrogens (tertiary/aromatic N) is 1. The molecule has 1 aliphatic carbocycles. The Morgan fingerprint density at radius 3 is 2.89 bits per heavy atom. The largest absolute Gasteiger partial charge is 0.376 e. The van der Waals surface area contributed by atoms with E-state index in [9.17, 15) is 0 Å². The maximum absolute atomic E-state index is 6.28. The van der Waals surface area contributed by atoms with E-state index in [1.54, 1.807) is 7.11 Å². The van der Waals surface area contributed by atoms with Crippen LogP contribution in [0, 0.1) is 4.77 Å².